The van der Waals surface area contributed by atoms with Crippen LogP contribution in [-0.4, -0.2) is 69.9 Å². The maximum atomic E-state index is 11.9. The second-order valence-electron chi connectivity index (χ2n) is 8.13. The Balaban J connectivity index is 2.76. The van der Waals surface area contributed by atoms with Crippen molar-refractivity contribution in [1.29, 1.82) is 0 Å². The first-order valence-corrected chi connectivity index (χ1v) is 13.2. The van der Waals surface area contributed by atoms with E-state index >= 15 is 0 Å². The van der Waals surface area contributed by atoms with Crippen molar-refractivity contribution in [2.45, 2.75) is 75.5 Å². The van der Waals surface area contributed by atoms with Gasteiger partial charge in [0.15, 0.2) is 8.32 Å². The number of aliphatic hydroxyl groups is 2. The van der Waals surface area contributed by atoms with E-state index in [9.17, 15) is 14.8 Å². The molecule has 0 aliphatic carbocycles. The molecule has 1 rings (SSSR count). The Bertz CT molecular complexity index is 433. The van der Waals surface area contributed by atoms with Crippen LogP contribution in [0, 0.1) is 0 Å². The predicted octanol–water partition coefficient (Wildman–Crippen LogP) is 1.96. The van der Waals surface area contributed by atoms with Crippen LogP contribution in [0.15, 0.2) is 0 Å². The van der Waals surface area contributed by atoms with Crippen LogP contribution < -0.4 is 0 Å². The summed E-state index contributed by atoms with van der Waals surface area (Å²) in [5.74, 6) is -1.31. The molecule has 1 fully saturated rings. The molecule has 5 atom stereocenters. The summed E-state index contributed by atoms with van der Waals surface area (Å²) in [6.07, 6.45) is -1.81. The number of ether oxygens (including phenoxy) is 1. The molecule has 0 saturated carbocycles. The normalized spacial score (nSPS) is 30.3. The molecule has 2 N–H and O–H groups in total. The average Bonchev–Trinajstić information content (AvgIpc) is 2.65. The van der Waals surface area contributed by atoms with Crippen LogP contribution in [0.4, 0.5) is 0 Å². The lowest BCUT2D eigenvalue weighted by Crippen LogP contribution is -2.46. The lowest BCUT2D eigenvalue weighted by molar-refractivity contribution is -0.0510. The van der Waals surface area contributed by atoms with Gasteiger partial charge in [0.2, 0.25) is 0 Å². The molecule has 8 heteroatoms. The molecule has 128 valence electrons. The van der Waals surface area contributed by atoms with E-state index < -0.39 is 39.5 Å². The van der Waals surface area contributed by atoms with Crippen molar-refractivity contribution in [2.75, 3.05) is 13.3 Å². The molecular weight excluding hydrogens is 318 g/mol. The van der Waals surface area contributed by atoms with Crippen molar-refractivity contribution in [3.8, 4) is 0 Å². The maximum Gasteiger partial charge on any atom is 0.192 e. The third-order valence-corrected chi connectivity index (χ3v) is 10.8. The van der Waals surface area contributed by atoms with Crippen molar-refractivity contribution < 1.29 is 23.9 Å². The summed E-state index contributed by atoms with van der Waals surface area (Å²) in [7, 11) is 1.16. The van der Waals surface area contributed by atoms with Crippen molar-refractivity contribution in [3.05, 3.63) is 0 Å². The first-order chi connectivity index (χ1) is 9.67. The van der Waals surface area contributed by atoms with E-state index in [-0.39, 0.29) is 11.1 Å². The SMILES string of the molecule is [B][C@@H]1O[C@H](C(O)C(O)P(C)(C)=O)CC1O[Si](C)(C)C(C)(C)C. The number of rotatable bonds is 5. The smallest absolute Gasteiger partial charge is 0.192 e. The van der Waals surface area contributed by atoms with Crippen LogP contribution in [0.2, 0.25) is 18.1 Å². The van der Waals surface area contributed by atoms with Crippen LogP contribution in [0.3, 0.4) is 0 Å². The van der Waals surface area contributed by atoms with E-state index in [0.717, 1.165) is 0 Å². The Morgan fingerprint density at radius 3 is 2.23 bits per heavy atom. The predicted molar refractivity (Wildman–Crippen MR) is 92.6 cm³/mol. The van der Waals surface area contributed by atoms with E-state index in [1.165, 1.54) is 13.3 Å². The molecule has 3 unspecified atom stereocenters. The Morgan fingerprint density at radius 1 is 1.32 bits per heavy atom. The van der Waals surface area contributed by atoms with Gasteiger partial charge in [-0.25, -0.2) is 0 Å². The largest absolute Gasteiger partial charge is 0.412 e. The highest BCUT2D eigenvalue weighted by molar-refractivity contribution is 7.62. The molecule has 5 nitrogen and oxygen atoms in total. The fraction of sp³-hybridized carbons (Fsp3) is 1.00. The van der Waals surface area contributed by atoms with Gasteiger partial charge in [-0.05, 0) is 31.5 Å². The standard InChI is InChI=1S/C14H30BO5PSi/c1-14(2,3)22(6,7)20-10-8-9(19-12(10)15)11(16)13(17)21(4,5)18/h9-13,16-17H,8H2,1-7H3/t9-,10?,11?,12+,13?/m0/s1. The van der Waals surface area contributed by atoms with E-state index in [1.54, 1.807) is 0 Å². The zero-order valence-corrected chi connectivity index (χ0v) is 16.6. The van der Waals surface area contributed by atoms with Crippen LogP contribution in [0.25, 0.3) is 0 Å². The molecule has 1 saturated heterocycles. The van der Waals surface area contributed by atoms with Crippen LogP contribution in [-0.2, 0) is 13.7 Å². The van der Waals surface area contributed by atoms with Gasteiger partial charge in [-0.3, -0.25) is 0 Å². The van der Waals surface area contributed by atoms with Gasteiger partial charge >= 0.3 is 0 Å². The van der Waals surface area contributed by atoms with Crippen molar-refractivity contribution in [2.24, 2.45) is 0 Å². The monoisotopic (exact) mass is 348 g/mol. The first-order valence-electron chi connectivity index (χ1n) is 7.66. The minimum atomic E-state index is -2.82. The highest BCUT2D eigenvalue weighted by atomic mass is 31.2. The van der Waals surface area contributed by atoms with Gasteiger partial charge in [0.05, 0.1) is 12.2 Å². The van der Waals surface area contributed by atoms with E-state index in [1.807, 2.05) is 0 Å². The lowest BCUT2D eigenvalue weighted by Gasteiger charge is -2.39. The second kappa shape index (κ2) is 6.69. The van der Waals surface area contributed by atoms with Crippen molar-refractivity contribution in [1.82, 2.24) is 0 Å². The topological polar surface area (TPSA) is 76.0 Å². The lowest BCUT2D eigenvalue weighted by atomic mass is 9.94. The minimum Gasteiger partial charge on any atom is -0.412 e. The van der Waals surface area contributed by atoms with Crippen molar-refractivity contribution >= 4 is 23.3 Å². The van der Waals surface area contributed by atoms with Gasteiger partial charge in [-0.1, -0.05) is 20.8 Å². The summed E-state index contributed by atoms with van der Waals surface area (Å²) in [5.41, 5.74) is 0. The number of aliphatic hydroxyl groups excluding tert-OH is 2. The zero-order chi connectivity index (χ0) is 17.5. The van der Waals surface area contributed by atoms with E-state index in [0.29, 0.717) is 6.42 Å². The minimum absolute atomic E-state index is 0.0471. The summed E-state index contributed by atoms with van der Waals surface area (Å²) in [5, 5.41) is 20.2. The van der Waals surface area contributed by atoms with Gasteiger partial charge in [0.1, 0.15) is 26.9 Å². The Morgan fingerprint density at radius 2 is 1.82 bits per heavy atom. The average molecular weight is 348 g/mol. The molecule has 0 aromatic rings. The molecule has 1 heterocycles. The molecule has 1 aliphatic heterocycles. The highest BCUT2D eigenvalue weighted by Crippen LogP contribution is 2.45. The quantitative estimate of drug-likeness (QED) is 0.587. The van der Waals surface area contributed by atoms with Gasteiger partial charge in [0, 0.05) is 12.4 Å². The fourth-order valence-electron chi connectivity index (χ4n) is 2.16. The van der Waals surface area contributed by atoms with Gasteiger partial charge in [-0.15, -0.1) is 0 Å². The van der Waals surface area contributed by atoms with Crippen LogP contribution in [0.5, 0.6) is 0 Å². The Kier molecular flexibility index (Phi) is 6.20. The third kappa shape index (κ3) is 4.68. The van der Waals surface area contributed by atoms with Gasteiger partial charge < -0.3 is 23.9 Å². The molecule has 0 aromatic heterocycles. The molecule has 0 aromatic carbocycles. The summed E-state index contributed by atoms with van der Waals surface area (Å²) in [6, 6.07) is -0.644. The molecule has 0 bridgehead atoms. The Labute approximate surface area is 136 Å². The zero-order valence-electron chi connectivity index (χ0n) is 14.7. The molecule has 2 radical (unpaired) electrons. The summed E-state index contributed by atoms with van der Waals surface area (Å²) in [4.78, 5) is 0. The van der Waals surface area contributed by atoms with Gasteiger partial charge in [-0.2, -0.15) is 0 Å². The molecule has 0 spiro atoms. The summed E-state index contributed by atoms with van der Waals surface area (Å²) >= 11 is 0. The third-order valence-electron chi connectivity index (χ3n) is 4.74. The second-order valence-corrected chi connectivity index (χ2v) is 16.3. The summed E-state index contributed by atoms with van der Waals surface area (Å²) < 4.78 is 23.7. The number of hydrogen-bond donors (Lipinski definition) is 2. The highest BCUT2D eigenvalue weighted by Gasteiger charge is 2.46. The molecule has 1 aliphatic rings. The summed E-state index contributed by atoms with van der Waals surface area (Å²) in [6.45, 7) is 13.6. The molecule has 22 heavy (non-hydrogen) atoms. The fourth-order valence-corrected chi connectivity index (χ4v) is 4.43. The van der Waals surface area contributed by atoms with E-state index in [4.69, 9.17) is 17.0 Å². The first kappa shape index (κ1) is 20.4. The number of hydrogen-bond acceptors (Lipinski definition) is 5. The van der Waals surface area contributed by atoms with E-state index in [2.05, 4.69) is 33.9 Å². The van der Waals surface area contributed by atoms with Gasteiger partial charge in [0.25, 0.3) is 0 Å². The maximum absolute atomic E-state index is 11.9. The molecular formula is C14H30BO5PSi. The molecule has 0 amide bonds. The Hall–Kier alpha value is 0.352. The van der Waals surface area contributed by atoms with Crippen LogP contribution >= 0.6 is 7.14 Å². The van der Waals surface area contributed by atoms with Crippen LogP contribution in [0.1, 0.15) is 27.2 Å². The van der Waals surface area contributed by atoms with Crippen molar-refractivity contribution in [3.63, 3.8) is 0 Å².